The Morgan fingerprint density at radius 1 is 1.26 bits per heavy atom. The van der Waals surface area contributed by atoms with Gasteiger partial charge in [-0.1, -0.05) is 50.2 Å². The van der Waals surface area contributed by atoms with Crippen molar-refractivity contribution in [2.75, 3.05) is 13.1 Å². The maximum absolute atomic E-state index is 13.6. The van der Waals surface area contributed by atoms with Crippen molar-refractivity contribution in [1.82, 2.24) is 20.5 Å². The number of thiazole rings is 1. The Bertz CT molecular complexity index is 1200. The SMILES string of the molecule is Cc1ncsc1-c1ccc(CNC(=O)[C@@H]2C[C@@H](O)CN2C(=O)C(NC(=O)CCCCN=[N+]=[N-])C(C)(C)C)cc1. The molecular formula is C27H37N7O4S. The van der Waals surface area contributed by atoms with Gasteiger partial charge >= 0.3 is 0 Å². The molecule has 2 aromatic rings. The molecule has 210 valence electrons. The van der Waals surface area contributed by atoms with Gasteiger partial charge in [0.05, 0.1) is 22.2 Å². The zero-order valence-corrected chi connectivity index (χ0v) is 23.7. The average molecular weight is 556 g/mol. The molecule has 3 rings (SSSR count). The van der Waals surface area contributed by atoms with Crippen LogP contribution in [0.25, 0.3) is 20.9 Å². The fourth-order valence-electron chi connectivity index (χ4n) is 4.53. The van der Waals surface area contributed by atoms with Crippen LogP contribution in [0, 0.1) is 12.3 Å². The van der Waals surface area contributed by atoms with E-state index in [1.807, 2.05) is 57.5 Å². The Kier molecular flexibility index (Phi) is 10.4. The second-order valence-corrected chi connectivity index (χ2v) is 11.7. The minimum Gasteiger partial charge on any atom is -0.391 e. The number of hydrogen-bond donors (Lipinski definition) is 3. The molecule has 3 N–H and O–H groups in total. The summed E-state index contributed by atoms with van der Waals surface area (Å²) in [5.74, 6) is -1.04. The van der Waals surface area contributed by atoms with Crippen molar-refractivity contribution >= 4 is 29.1 Å². The number of unbranched alkanes of at least 4 members (excludes halogenated alkanes) is 1. The highest BCUT2D eigenvalue weighted by Gasteiger charge is 2.44. The first kappa shape index (κ1) is 30.1. The van der Waals surface area contributed by atoms with Crippen molar-refractivity contribution in [1.29, 1.82) is 0 Å². The van der Waals surface area contributed by atoms with Gasteiger partial charge in [0, 0.05) is 37.4 Å². The minimum atomic E-state index is -0.870. The van der Waals surface area contributed by atoms with Crippen LogP contribution >= 0.6 is 11.3 Å². The van der Waals surface area contributed by atoms with Gasteiger partial charge in [-0.3, -0.25) is 14.4 Å². The topological polar surface area (TPSA) is 160 Å². The number of rotatable bonds is 11. The Morgan fingerprint density at radius 2 is 1.97 bits per heavy atom. The van der Waals surface area contributed by atoms with Crippen LogP contribution in [0.1, 0.15) is 57.7 Å². The van der Waals surface area contributed by atoms with E-state index in [4.69, 9.17) is 5.53 Å². The molecule has 3 amide bonds. The smallest absolute Gasteiger partial charge is 0.246 e. The Hall–Kier alpha value is -3.47. The number of aryl methyl sites for hydroxylation is 1. The number of nitrogens with zero attached hydrogens (tertiary/aromatic N) is 5. The number of β-amino-alcohol motifs (C(OH)–C–C–N with tert-alkyl or cyclic N) is 1. The third-order valence-electron chi connectivity index (χ3n) is 6.69. The fourth-order valence-corrected chi connectivity index (χ4v) is 5.34. The van der Waals surface area contributed by atoms with E-state index >= 15 is 0 Å². The van der Waals surface area contributed by atoms with Crippen molar-refractivity contribution in [2.45, 2.75) is 78.1 Å². The molecule has 2 heterocycles. The lowest BCUT2D eigenvalue weighted by molar-refractivity contribution is -0.144. The Labute approximate surface area is 232 Å². The highest BCUT2D eigenvalue weighted by atomic mass is 32.1. The summed E-state index contributed by atoms with van der Waals surface area (Å²) < 4.78 is 0. The lowest BCUT2D eigenvalue weighted by Gasteiger charge is -2.35. The van der Waals surface area contributed by atoms with E-state index in [1.165, 1.54) is 4.90 Å². The van der Waals surface area contributed by atoms with Gasteiger partial charge in [-0.2, -0.15) is 0 Å². The van der Waals surface area contributed by atoms with Crippen molar-refractivity contribution in [3.8, 4) is 10.4 Å². The molecule has 0 aliphatic carbocycles. The van der Waals surface area contributed by atoms with Gasteiger partial charge in [0.2, 0.25) is 17.7 Å². The number of carbonyl (C=O) groups is 3. The summed E-state index contributed by atoms with van der Waals surface area (Å²) in [6, 6.07) is 6.16. The molecule has 1 aromatic carbocycles. The van der Waals surface area contributed by atoms with Crippen LogP contribution in [-0.4, -0.2) is 64.0 Å². The number of aliphatic hydroxyl groups excluding tert-OH is 1. The zero-order chi connectivity index (χ0) is 28.6. The number of amides is 3. The first-order chi connectivity index (χ1) is 18.5. The van der Waals surface area contributed by atoms with Crippen molar-refractivity contribution in [3.05, 3.63) is 51.5 Å². The maximum Gasteiger partial charge on any atom is 0.246 e. The number of azide groups is 1. The van der Waals surface area contributed by atoms with Crippen LogP contribution in [0.4, 0.5) is 0 Å². The summed E-state index contributed by atoms with van der Waals surface area (Å²) in [6.07, 6.45) is 0.581. The number of hydrogen-bond acceptors (Lipinski definition) is 7. The number of aromatic nitrogens is 1. The van der Waals surface area contributed by atoms with Gasteiger partial charge in [-0.05, 0) is 41.8 Å². The standard InChI is InChI=1S/C27H37N7O4S/c1-17-23(39-16-30-17)19-10-8-18(9-11-19)14-29-25(37)21-13-20(35)15-34(21)26(38)24(27(2,3)4)32-22(36)7-5-6-12-31-33-28/h8-11,16,20-21,24,35H,5-7,12-15H2,1-4H3,(H,29,37)(H,32,36)/t20-,21+,24?/m1/s1. The molecule has 0 saturated carbocycles. The van der Waals surface area contributed by atoms with E-state index in [0.717, 1.165) is 21.7 Å². The van der Waals surface area contributed by atoms with Crippen LogP contribution in [-0.2, 0) is 20.9 Å². The average Bonchev–Trinajstić information content (AvgIpc) is 3.50. The van der Waals surface area contributed by atoms with E-state index in [0.29, 0.717) is 19.4 Å². The first-order valence-electron chi connectivity index (χ1n) is 13.1. The molecule has 0 radical (unpaired) electrons. The largest absolute Gasteiger partial charge is 0.391 e. The molecule has 11 nitrogen and oxygen atoms in total. The van der Waals surface area contributed by atoms with E-state index in [1.54, 1.807) is 11.3 Å². The number of benzene rings is 1. The van der Waals surface area contributed by atoms with Crippen molar-refractivity contribution in [3.63, 3.8) is 0 Å². The van der Waals surface area contributed by atoms with Crippen LogP contribution in [0.3, 0.4) is 0 Å². The van der Waals surface area contributed by atoms with Crippen molar-refractivity contribution in [2.24, 2.45) is 10.5 Å². The summed E-state index contributed by atoms with van der Waals surface area (Å²) in [4.78, 5) is 48.8. The Morgan fingerprint density at radius 3 is 2.59 bits per heavy atom. The fraction of sp³-hybridized carbons (Fsp3) is 0.556. The third-order valence-corrected chi connectivity index (χ3v) is 7.66. The molecule has 1 unspecified atom stereocenters. The second-order valence-electron chi connectivity index (χ2n) is 10.9. The van der Waals surface area contributed by atoms with Gasteiger partial charge in [-0.25, -0.2) is 4.98 Å². The quantitative estimate of drug-likeness (QED) is 0.166. The third kappa shape index (κ3) is 8.26. The van der Waals surface area contributed by atoms with Gasteiger partial charge in [0.15, 0.2) is 0 Å². The molecule has 1 aliphatic heterocycles. The Balaban J connectivity index is 1.62. The monoisotopic (exact) mass is 555 g/mol. The molecule has 1 fully saturated rings. The van der Waals surface area contributed by atoms with E-state index in [-0.39, 0.29) is 37.7 Å². The molecular weight excluding hydrogens is 518 g/mol. The van der Waals surface area contributed by atoms with Gasteiger partial charge in [-0.15, -0.1) is 11.3 Å². The normalized spacial score (nSPS) is 17.8. The molecule has 3 atom stereocenters. The predicted octanol–water partition coefficient (Wildman–Crippen LogP) is 3.71. The highest BCUT2D eigenvalue weighted by Crippen LogP contribution is 2.28. The molecule has 0 bridgehead atoms. The summed E-state index contributed by atoms with van der Waals surface area (Å²) in [6.45, 7) is 8.11. The van der Waals surface area contributed by atoms with E-state index < -0.39 is 29.5 Å². The van der Waals surface area contributed by atoms with Gasteiger partial charge in [0.1, 0.15) is 12.1 Å². The van der Waals surface area contributed by atoms with E-state index in [9.17, 15) is 19.5 Å². The molecule has 39 heavy (non-hydrogen) atoms. The lowest BCUT2D eigenvalue weighted by Crippen LogP contribution is -2.57. The summed E-state index contributed by atoms with van der Waals surface area (Å²) in [5, 5.41) is 19.5. The zero-order valence-electron chi connectivity index (χ0n) is 22.9. The number of likely N-dealkylation sites (tertiary alicyclic amines) is 1. The highest BCUT2D eigenvalue weighted by molar-refractivity contribution is 7.13. The second kappa shape index (κ2) is 13.5. The first-order valence-corrected chi connectivity index (χ1v) is 13.9. The van der Waals surface area contributed by atoms with Crippen LogP contribution in [0.15, 0.2) is 34.9 Å². The molecule has 12 heteroatoms. The molecule has 1 saturated heterocycles. The molecule has 1 aromatic heterocycles. The summed E-state index contributed by atoms with van der Waals surface area (Å²) in [5.41, 5.74) is 12.5. The molecule has 1 aliphatic rings. The minimum absolute atomic E-state index is 0.0223. The van der Waals surface area contributed by atoms with Gasteiger partial charge < -0.3 is 20.6 Å². The molecule has 0 spiro atoms. The van der Waals surface area contributed by atoms with Crippen LogP contribution in [0.2, 0.25) is 0 Å². The van der Waals surface area contributed by atoms with Crippen LogP contribution in [0.5, 0.6) is 0 Å². The van der Waals surface area contributed by atoms with Gasteiger partial charge in [0.25, 0.3) is 0 Å². The summed E-state index contributed by atoms with van der Waals surface area (Å²) in [7, 11) is 0. The maximum atomic E-state index is 13.6. The number of nitrogens with one attached hydrogen (secondary N) is 2. The predicted molar refractivity (Wildman–Crippen MR) is 150 cm³/mol. The number of carbonyl (C=O) groups excluding carboxylic acids is 3. The number of aliphatic hydroxyl groups is 1. The van der Waals surface area contributed by atoms with E-state index in [2.05, 4.69) is 25.6 Å². The summed E-state index contributed by atoms with van der Waals surface area (Å²) >= 11 is 1.58. The van der Waals surface area contributed by atoms with Crippen LogP contribution < -0.4 is 10.6 Å². The lowest BCUT2D eigenvalue weighted by atomic mass is 9.85. The van der Waals surface area contributed by atoms with Crippen molar-refractivity contribution < 1.29 is 19.5 Å².